The Balaban J connectivity index is 0.000000415. The van der Waals surface area contributed by atoms with Crippen molar-refractivity contribution in [2.75, 3.05) is 7.11 Å². The summed E-state index contributed by atoms with van der Waals surface area (Å²) in [6, 6.07) is 20.9. The van der Waals surface area contributed by atoms with Crippen LogP contribution in [0.5, 0.6) is 0 Å². The molecule has 0 N–H and O–H groups in total. The molecule has 0 saturated carbocycles. The predicted octanol–water partition coefficient (Wildman–Crippen LogP) is 6.11. The van der Waals surface area contributed by atoms with Crippen molar-refractivity contribution in [1.82, 2.24) is 0 Å². The number of ether oxygens (including phenoxy) is 1. The van der Waals surface area contributed by atoms with Crippen molar-refractivity contribution in [1.29, 1.82) is 0 Å². The van der Waals surface area contributed by atoms with Gasteiger partial charge in [-0.3, -0.25) is 4.79 Å². The summed E-state index contributed by atoms with van der Waals surface area (Å²) in [5, 5.41) is 2.36. The molecular weight excluding hydrogens is 380 g/mol. The topological polar surface area (TPSA) is 39.4 Å². The van der Waals surface area contributed by atoms with Gasteiger partial charge < -0.3 is 9.15 Å². The normalized spacial score (nSPS) is 10.4. The van der Waals surface area contributed by atoms with E-state index in [1.54, 1.807) is 0 Å². The minimum atomic E-state index is 0.375. The van der Waals surface area contributed by atoms with Gasteiger partial charge in [0, 0.05) is 15.2 Å². The van der Waals surface area contributed by atoms with Gasteiger partial charge in [-0.25, -0.2) is 0 Å². The van der Waals surface area contributed by atoms with Crippen LogP contribution in [0, 0.1) is 6.92 Å². The number of benzene rings is 3. The Morgan fingerprint density at radius 3 is 2.40 bits per heavy atom. The SMILES string of the molecule is COC=O.Cc1cc(Br)ccc1-c1cccc2oc3ccccc3c12. The molecule has 4 rings (SSSR count). The first-order valence-corrected chi connectivity index (χ1v) is 8.58. The highest BCUT2D eigenvalue weighted by molar-refractivity contribution is 9.10. The van der Waals surface area contributed by atoms with Gasteiger partial charge in [0.2, 0.25) is 0 Å². The molecule has 0 radical (unpaired) electrons. The fourth-order valence-corrected chi connectivity index (χ4v) is 3.40. The average Bonchev–Trinajstić information content (AvgIpc) is 3.01. The molecule has 0 spiro atoms. The van der Waals surface area contributed by atoms with Crippen molar-refractivity contribution in [3.8, 4) is 11.1 Å². The second-order valence-corrected chi connectivity index (χ2v) is 6.48. The number of halogens is 1. The fraction of sp³-hybridized carbons (Fsp3) is 0.0952. The van der Waals surface area contributed by atoms with Gasteiger partial charge in [0.15, 0.2) is 0 Å². The van der Waals surface area contributed by atoms with Crippen molar-refractivity contribution in [3.63, 3.8) is 0 Å². The van der Waals surface area contributed by atoms with Gasteiger partial charge in [-0.15, -0.1) is 0 Å². The lowest BCUT2D eigenvalue weighted by Gasteiger charge is -2.08. The summed E-state index contributed by atoms with van der Waals surface area (Å²) >= 11 is 3.53. The van der Waals surface area contributed by atoms with Gasteiger partial charge in [0.25, 0.3) is 6.47 Å². The number of fused-ring (bicyclic) bond motifs is 3. The third-order valence-corrected chi connectivity index (χ3v) is 4.47. The van der Waals surface area contributed by atoms with Gasteiger partial charge in [-0.05, 0) is 47.9 Å². The number of methoxy groups -OCH3 is 1. The van der Waals surface area contributed by atoms with E-state index in [9.17, 15) is 0 Å². The van der Waals surface area contributed by atoms with Crippen molar-refractivity contribution in [2.45, 2.75) is 6.92 Å². The van der Waals surface area contributed by atoms with Crippen LogP contribution in [0.2, 0.25) is 0 Å². The number of hydrogen-bond acceptors (Lipinski definition) is 3. The van der Waals surface area contributed by atoms with Crippen LogP contribution in [0.3, 0.4) is 0 Å². The van der Waals surface area contributed by atoms with Crippen molar-refractivity contribution in [2.24, 2.45) is 0 Å². The minimum Gasteiger partial charge on any atom is -0.471 e. The minimum absolute atomic E-state index is 0.375. The molecule has 0 saturated heterocycles. The molecule has 3 nitrogen and oxygen atoms in total. The molecule has 0 atom stereocenters. The predicted molar refractivity (Wildman–Crippen MR) is 105 cm³/mol. The van der Waals surface area contributed by atoms with Gasteiger partial charge >= 0.3 is 0 Å². The summed E-state index contributed by atoms with van der Waals surface area (Å²) in [6.07, 6.45) is 0. The van der Waals surface area contributed by atoms with E-state index in [4.69, 9.17) is 9.21 Å². The Hall–Kier alpha value is -2.59. The highest BCUT2D eigenvalue weighted by Crippen LogP contribution is 2.37. The monoisotopic (exact) mass is 396 g/mol. The molecule has 1 heterocycles. The zero-order valence-corrected chi connectivity index (χ0v) is 15.5. The number of furan rings is 1. The Labute approximate surface area is 154 Å². The maximum atomic E-state index is 8.95. The highest BCUT2D eigenvalue weighted by atomic mass is 79.9. The van der Waals surface area contributed by atoms with Crippen LogP contribution in [0.1, 0.15) is 5.56 Å². The second-order valence-electron chi connectivity index (χ2n) is 5.57. The maximum Gasteiger partial charge on any atom is 0.292 e. The van der Waals surface area contributed by atoms with Crippen LogP contribution in [0.25, 0.3) is 33.1 Å². The summed E-state index contributed by atoms with van der Waals surface area (Å²) in [5.41, 5.74) is 5.60. The summed E-state index contributed by atoms with van der Waals surface area (Å²) in [4.78, 5) is 8.95. The molecule has 0 fully saturated rings. The van der Waals surface area contributed by atoms with E-state index in [1.807, 2.05) is 18.2 Å². The lowest BCUT2D eigenvalue weighted by molar-refractivity contribution is -0.126. The zero-order valence-electron chi connectivity index (χ0n) is 14.0. The van der Waals surface area contributed by atoms with E-state index >= 15 is 0 Å². The first kappa shape index (κ1) is 17.2. The van der Waals surface area contributed by atoms with Crippen molar-refractivity contribution < 1.29 is 13.9 Å². The van der Waals surface area contributed by atoms with Crippen LogP contribution >= 0.6 is 15.9 Å². The molecule has 4 heteroatoms. The van der Waals surface area contributed by atoms with E-state index in [-0.39, 0.29) is 0 Å². The standard InChI is InChI=1S/C19H13BrO.C2H4O2/c1-12-11-13(20)9-10-14(12)15-6-4-8-18-19(15)16-5-2-3-7-17(16)21-18;1-4-2-3/h2-11H,1H3;2H,1H3. The van der Waals surface area contributed by atoms with E-state index in [1.165, 1.54) is 34.6 Å². The first-order chi connectivity index (χ1) is 12.2. The largest absolute Gasteiger partial charge is 0.471 e. The smallest absolute Gasteiger partial charge is 0.292 e. The number of carbonyl (C=O) groups is 1. The lowest BCUT2D eigenvalue weighted by atomic mass is 9.96. The van der Waals surface area contributed by atoms with Crippen LogP contribution in [-0.2, 0) is 9.53 Å². The Kier molecular flexibility index (Phi) is 5.19. The number of rotatable bonds is 2. The second kappa shape index (κ2) is 7.53. The molecule has 0 aliphatic heterocycles. The van der Waals surface area contributed by atoms with E-state index in [0.29, 0.717) is 6.47 Å². The highest BCUT2D eigenvalue weighted by Gasteiger charge is 2.13. The van der Waals surface area contributed by atoms with E-state index in [0.717, 1.165) is 15.6 Å². The van der Waals surface area contributed by atoms with Gasteiger partial charge in [0.05, 0.1) is 7.11 Å². The number of carbonyl (C=O) groups excluding carboxylic acids is 1. The van der Waals surface area contributed by atoms with Crippen molar-refractivity contribution in [3.05, 3.63) is 70.7 Å². The number of hydrogen-bond donors (Lipinski definition) is 0. The molecule has 0 bridgehead atoms. The quantitative estimate of drug-likeness (QED) is 0.383. The average molecular weight is 397 g/mol. The summed E-state index contributed by atoms with van der Waals surface area (Å²) in [7, 11) is 1.31. The Morgan fingerprint density at radius 1 is 0.960 bits per heavy atom. The summed E-state index contributed by atoms with van der Waals surface area (Å²) in [6.45, 7) is 2.52. The van der Waals surface area contributed by atoms with Crippen LogP contribution in [-0.4, -0.2) is 13.6 Å². The molecule has 0 unspecified atom stereocenters. The summed E-state index contributed by atoms with van der Waals surface area (Å²) in [5.74, 6) is 0. The molecule has 0 amide bonds. The molecular formula is C21H17BrO3. The lowest BCUT2D eigenvalue weighted by Crippen LogP contribution is -1.84. The number of aryl methyl sites for hydroxylation is 1. The molecule has 4 aromatic rings. The zero-order chi connectivity index (χ0) is 17.8. The third-order valence-electron chi connectivity index (χ3n) is 3.98. The van der Waals surface area contributed by atoms with E-state index < -0.39 is 0 Å². The Bertz CT molecular complexity index is 1030. The number of para-hydroxylation sites is 1. The third kappa shape index (κ3) is 3.44. The van der Waals surface area contributed by atoms with Crippen LogP contribution in [0.15, 0.2) is 69.6 Å². The Morgan fingerprint density at radius 2 is 1.68 bits per heavy atom. The van der Waals surface area contributed by atoms with Gasteiger partial charge in [-0.2, -0.15) is 0 Å². The molecule has 25 heavy (non-hydrogen) atoms. The van der Waals surface area contributed by atoms with Gasteiger partial charge in [-0.1, -0.05) is 52.3 Å². The van der Waals surface area contributed by atoms with Gasteiger partial charge in [0.1, 0.15) is 11.2 Å². The maximum absolute atomic E-state index is 8.95. The molecule has 1 aromatic heterocycles. The van der Waals surface area contributed by atoms with E-state index in [2.05, 4.69) is 70.1 Å². The fourth-order valence-electron chi connectivity index (χ4n) is 2.93. The van der Waals surface area contributed by atoms with Crippen molar-refractivity contribution >= 4 is 44.3 Å². The molecule has 126 valence electrons. The first-order valence-electron chi connectivity index (χ1n) is 7.79. The summed E-state index contributed by atoms with van der Waals surface area (Å²) < 4.78 is 10.9. The van der Waals surface area contributed by atoms with Crippen LogP contribution < -0.4 is 0 Å². The molecule has 0 aliphatic rings. The van der Waals surface area contributed by atoms with Crippen LogP contribution in [0.4, 0.5) is 0 Å². The molecule has 3 aromatic carbocycles. The molecule has 0 aliphatic carbocycles.